The van der Waals surface area contributed by atoms with Crippen LogP contribution in [0, 0.1) is 0 Å². The molecule has 2 heterocycles. The number of thioether (sulfide) groups is 1. The maximum Gasteiger partial charge on any atom is 0.313 e. The number of carboxylic acids is 1. The van der Waals surface area contributed by atoms with Gasteiger partial charge >= 0.3 is 5.97 Å². The Balaban J connectivity index is 2.27. The van der Waals surface area contributed by atoms with Gasteiger partial charge in [-0.15, -0.1) is 21.5 Å². The van der Waals surface area contributed by atoms with Gasteiger partial charge in [0.25, 0.3) is 0 Å². The van der Waals surface area contributed by atoms with Crippen molar-refractivity contribution in [1.29, 1.82) is 0 Å². The summed E-state index contributed by atoms with van der Waals surface area (Å²) in [7, 11) is 0. The van der Waals surface area contributed by atoms with Crippen LogP contribution in [0.5, 0.6) is 0 Å². The highest BCUT2D eigenvalue weighted by Gasteiger charge is 2.16. The third-order valence-electron chi connectivity index (χ3n) is 2.36. The fraction of sp³-hybridized carbons (Fsp3) is 0.273. The van der Waals surface area contributed by atoms with E-state index in [-0.39, 0.29) is 12.2 Å². The number of hydrogen-bond acceptors (Lipinski definition) is 6. The molecule has 0 bridgehead atoms. The molecule has 0 aliphatic rings. The van der Waals surface area contributed by atoms with Crippen LogP contribution in [0.2, 0.25) is 0 Å². The fourth-order valence-corrected chi connectivity index (χ4v) is 2.94. The van der Waals surface area contributed by atoms with Gasteiger partial charge in [0, 0.05) is 13.0 Å². The Morgan fingerprint density at radius 2 is 2.25 bits per heavy atom. The second-order valence-electron chi connectivity index (χ2n) is 3.83. The largest absolute Gasteiger partial charge is 0.481 e. The van der Waals surface area contributed by atoms with Crippen LogP contribution in [0.3, 0.4) is 0 Å². The van der Waals surface area contributed by atoms with Gasteiger partial charge in [0.15, 0.2) is 11.0 Å². The molecule has 0 aliphatic carbocycles. The summed E-state index contributed by atoms with van der Waals surface area (Å²) in [6.07, 6.45) is 0.150. The van der Waals surface area contributed by atoms with Crippen LogP contribution in [-0.2, 0) is 16.1 Å². The summed E-state index contributed by atoms with van der Waals surface area (Å²) < 4.78 is 1.73. The zero-order valence-electron chi connectivity index (χ0n) is 10.4. The zero-order chi connectivity index (χ0) is 14.5. The molecule has 2 aromatic heterocycles. The van der Waals surface area contributed by atoms with E-state index in [1.54, 1.807) is 4.57 Å². The molecule has 9 heteroatoms. The molecule has 7 nitrogen and oxygen atoms in total. The molecule has 1 amide bonds. The molecule has 0 fully saturated rings. The predicted octanol–water partition coefficient (Wildman–Crippen LogP) is 1.06. The summed E-state index contributed by atoms with van der Waals surface area (Å²) in [4.78, 5) is 22.5. The molecule has 0 radical (unpaired) electrons. The van der Waals surface area contributed by atoms with E-state index in [1.807, 2.05) is 17.5 Å². The number of thiophene rings is 1. The Morgan fingerprint density at radius 1 is 1.45 bits per heavy atom. The minimum atomic E-state index is -0.933. The van der Waals surface area contributed by atoms with Gasteiger partial charge in [-0.2, -0.15) is 0 Å². The first-order chi connectivity index (χ1) is 9.58. The van der Waals surface area contributed by atoms with Crippen LogP contribution in [0.4, 0.5) is 0 Å². The van der Waals surface area contributed by atoms with Crippen LogP contribution >= 0.6 is 23.1 Å². The lowest BCUT2D eigenvalue weighted by Crippen LogP contribution is -2.15. The topological polar surface area (TPSA) is 111 Å². The van der Waals surface area contributed by atoms with Gasteiger partial charge in [0.2, 0.25) is 5.91 Å². The van der Waals surface area contributed by atoms with E-state index in [0.717, 1.165) is 16.6 Å². The van der Waals surface area contributed by atoms with Gasteiger partial charge in [-0.25, -0.2) is 0 Å². The average molecular weight is 312 g/mol. The Labute approximate surface area is 122 Å². The second-order valence-corrected chi connectivity index (χ2v) is 5.72. The Kier molecular flexibility index (Phi) is 4.74. The van der Waals surface area contributed by atoms with Crippen LogP contribution in [0.1, 0.15) is 6.42 Å². The molecule has 0 unspecified atom stereocenters. The lowest BCUT2D eigenvalue weighted by atomic mass is 10.4. The Hall–Kier alpha value is -1.87. The molecule has 20 heavy (non-hydrogen) atoms. The van der Waals surface area contributed by atoms with E-state index in [9.17, 15) is 9.59 Å². The van der Waals surface area contributed by atoms with Crippen molar-refractivity contribution in [2.45, 2.75) is 18.1 Å². The molecule has 0 spiro atoms. The number of aromatic nitrogens is 3. The average Bonchev–Trinajstić information content (AvgIpc) is 3.02. The number of carboxylic acid groups (broad SMARTS) is 1. The quantitative estimate of drug-likeness (QED) is 0.739. The summed E-state index contributed by atoms with van der Waals surface area (Å²) in [5.74, 6) is -0.852. The Morgan fingerprint density at radius 3 is 2.85 bits per heavy atom. The van der Waals surface area contributed by atoms with Crippen molar-refractivity contribution >= 4 is 35.0 Å². The second kappa shape index (κ2) is 6.53. The first kappa shape index (κ1) is 14.5. The van der Waals surface area contributed by atoms with Crippen molar-refractivity contribution in [3.8, 4) is 10.7 Å². The summed E-state index contributed by atoms with van der Waals surface area (Å²) in [6.45, 7) is 0.331. The van der Waals surface area contributed by atoms with E-state index in [2.05, 4.69) is 10.2 Å². The number of amides is 1. The number of carbonyl (C=O) groups excluding carboxylic acids is 1. The van der Waals surface area contributed by atoms with Crippen molar-refractivity contribution in [2.24, 2.45) is 5.73 Å². The summed E-state index contributed by atoms with van der Waals surface area (Å²) >= 11 is 2.56. The van der Waals surface area contributed by atoms with E-state index in [0.29, 0.717) is 17.5 Å². The monoisotopic (exact) mass is 312 g/mol. The minimum Gasteiger partial charge on any atom is -0.481 e. The van der Waals surface area contributed by atoms with Crippen molar-refractivity contribution in [3.63, 3.8) is 0 Å². The highest BCUT2D eigenvalue weighted by Crippen LogP contribution is 2.27. The van der Waals surface area contributed by atoms with Crippen LogP contribution in [0.15, 0.2) is 22.7 Å². The smallest absolute Gasteiger partial charge is 0.313 e. The molecule has 0 aromatic carbocycles. The van der Waals surface area contributed by atoms with E-state index < -0.39 is 11.9 Å². The summed E-state index contributed by atoms with van der Waals surface area (Å²) in [5, 5.41) is 19.2. The van der Waals surface area contributed by atoms with E-state index >= 15 is 0 Å². The number of nitrogens with two attached hydrogens (primary N) is 1. The van der Waals surface area contributed by atoms with Crippen LogP contribution in [0.25, 0.3) is 10.7 Å². The molecule has 0 atom stereocenters. The zero-order valence-corrected chi connectivity index (χ0v) is 12.0. The maximum absolute atomic E-state index is 10.9. The van der Waals surface area contributed by atoms with Crippen molar-refractivity contribution in [3.05, 3.63) is 17.5 Å². The van der Waals surface area contributed by atoms with Gasteiger partial charge < -0.3 is 15.4 Å². The summed E-state index contributed by atoms with van der Waals surface area (Å²) in [5.41, 5.74) is 5.16. The van der Waals surface area contributed by atoms with Gasteiger partial charge in [-0.3, -0.25) is 9.59 Å². The third-order valence-corrected chi connectivity index (χ3v) is 4.18. The number of primary amides is 1. The van der Waals surface area contributed by atoms with Gasteiger partial charge in [-0.05, 0) is 11.4 Å². The molecule has 0 aliphatic heterocycles. The van der Waals surface area contributed by atoms with E-state index in [1.165, 1.54) is 11.3 Å². The van der Waals surface area contributed by atoms with Gasteiger partial charge in [0.1, 0.15) is 0 Å². The molecule has 106 valence electrons. The number of aliphatic carboxylic acids is 1. The number of nitrogens with zero attached hydrogens (tertiary/aromatic N) is 3. The molecule has 3 N–H and O–H groups in total. The van der Waals surface area contributed by atoms with Gasteiger partial charge in [-0.1, -0.05) is 17.8 Å². The maximum atomic E-state index is 10.9. The van der Waals surface area contributed by atoms with Crippen molar-refractivity contribution in [1.82, 2.24) is 14.8 Å². The van der Waals surface area contributed by atoms with Crippen LogP contribution < -0.4 is 5.73 Å². The van der Waals surface area contributed by atoms with Crippen molar-refractivity contribution < 1.29 is 14.7 Å². The standard InChI is InChI=1S/C11H12N4O3S2/c12-8(16)3-4-15-10(7-2-1-5-19-7)13-14-11(15)20-6-9(17)18/h1-2,5H,3-4,6H2,(H2,12,16)(H,17,18). The minimum absolute atomic E-state index is 0.112. The molecule has 2 aromatic rings. The Bertz CT molecular complexity index is 609. The predicted molar refractivity (Wildman–Crippen MR) is 75.5 cm³/mol. The normalized spacial score (nSPS) is 10.6. The number of hydrogen-bond donors (Lipinski definition) is 2. The van der Waals surface area contributed by atoms with E-state index in [4.69, 9.17) is 10.8 Å². The number of carbonyl (C=O) groups is 2. The summed E-state index contributed by atoms with van der Waals surface area (Å²) in [6, 6.07) is 3.78. The first-order valence-electron chi connectivity index (χ1n) is 5.68. The molecule has 0 saturated heterocycles. The SMILES string of the molecule is NC(=O)CCn1c(SCC(=O)O)nnc1-c1cccs1. The highest BCUT2D eigenvalue weighted by atomic mass is 32.2. The molecule has 2 rings (SSSR count). The lowest BCUT2D eigenvalue weighted by Gasteiger charge is -2.07. The molecular weight excluding hydrogens is 300 g/mol. The van der Waals surface area contributed by atoms with Crippen molar-refractivity contribution in [2.75, 3.05) is 5.75 Å². The number of rotatable bonds is 7. The lowest BCUT2D eigenvalue weighted by molar-refractivity contribution is -0.134. The fourth-order valence-electron chi connectivity index (χ4n) is 1.53. The highest BCUT2D eigenvalue weighted by molar-refractivity contribution is 7.99. The molecular formula is C11H12N4O3S2. The molecule has 0 saturated carbocycles. The third kappa shape index (κ3) is 3.58. The van der Waals surface area contributed by atoms with Crippen LogP contribution in [-0.4, -0.2) is 37.5 Å². The first-order valence-corrected chi connectivity index (χ1v) is 7.54. The van der Waals surface area contributed by atoms with Gasteiger partial charge in [0.05, 0.1) is 10.6 Å².